The highest BCUT2D eigenvalue weighted by molar-refractivity contribution is 6.45. The second-order valence-corrected chi connectivity index (χ2v) is 13.7. The molecule has 53 heavy (non-hydrogen) atoms. The Labute approximate surface area is 313 Å². The molecule has 0 aliphatic carbocycles. The summed E-state index contributed by atoms with van der Waals surface area (Å²) in [5.74, 6) is 0.0166. The number of nitrogens with zero attached hydrogens (tertiary/aromatic N) is 3. The first kappa shape index (κ1) is 37.4. The fourth-order valence-corrected chi connectivity index (χ4v) is 6.99. The number of benzodiazepines with no additional fused rings is 1. The van der Waals surface area contributed by atoms with Crippen molar-refractivity contribution in [2.75, 3.05) is 25.1 Å². The molecule has 0 spiro atoms. The van der Waals surface area contributed by atoms with Gasteiger partial charge in [0, 0.05) is 35.8 Å². The molecule has 10 nitrogen and oxygen atoms in total. The average Bonchev–Trinajstić information content (AvgIpc) is 3.28. The molecule has 1 fully saturated rings. The third-order valence-electron chi connectivity index (χ3n) is 9.70. The van der Waals surface area contributed by atoms with Crippen molar-refractivity contribution in [1.29, 1.82) is 10.8 Å². The molecular weight excluding hydrogens is 694 g/mol. The van der Waals surface area contributed by atoms with Gasteiger partial charge in [0.1, 0.15) is 29.3 Å². The van der Waals surface area contributed by atoms with Crippen LogP contribution >= 0.6 is 11.6 Å². The molecule has 4 N–H and O–H groups in total. The molecule has 1 atom stereocenters. The lowest BCUT2D eigenvalue weighted by molar-refractivity contribution is -0.131. The minimum atomic E-state index is -0.881. The fourth-order valence-electron chi connectivity index (χ4n) is 6.86. The molecule has 6 rings (SSSR count). The summed E-state index contributed by atoms with van der Waals surface area (Å²) in [4.78, 5) is 34.7. The predicted octanol–water partition coefficient (Wildman–Crippen LogP) is 5.38. The van der Waals surface area contributed by atoms with Crippen molar-refractivity contribution in [3.63, 3.8) is 0 Å². The van der Waals surface area contributed by atoms with Gasteiger partial charge in [-0.1, -0.05) is 65.6 Å². The number of amidine groups is 2. The van der Waals surface area contributed by atoms with Crippen LogP contribution in [0.2, 0.25) is 5.02 Å². The zero-order valence-corrected chi connectivity index (χ0v) is 30.3. The van der Waals surface area contributed by atoms with Gasteiger partial charge in [-0.25, -0.2) is 4.39 Å². The number of aliphatic imine (C=N–C) groups is 1. The summed E-state index contributed by atoms with van der Waals surface area (Å²) in [7, 11) is 2.40. The van der Waals surface area contributed by atoms with E-state index in [1.807, 2.05) is 30.3 Å². The average molecular weight is 734 g/mol. The van der Waals surface area contributed by atoms with Crippen molar-refractivity contribution in [2.24, 2.45) is 4.99 Å². The molecule has 0 saturated carbocycles. The van der Waals surface area contributed by atoms with Crippen LogP contribution in [0.1, 0.15) is 59.9 Å². The number of rotatable bonds is 10. The van der Waals surface area contributed by atoms with E-state index in [-0.39, 0.29) is 48.8 Å². The molecular formula is C40H40BClFN6O4. The third-order valence-corrected chi connectivity index (χ3v) is 9.95. The van der Waals surface area contributed by atoms with E-state index in [4.69, 9.17) is 37.2 Å². The summed E-state index contributed by atoms with van der Waals surface area (Å²) in [6.07, 6.45) is 1.38. The number of methoxy groups -OCH3 is 1. The molecule has 1 saturated heterocycles. The minimum absolute atomic E-state index is 0.0123. The molecule has 0 bridgehead atoms. The van der Waals surface area contributed by atoms with Gasteiger partial charge in [0.25, 0.3) is 0 Å². The smallest absolute Gasteiger partial charge is 0.326 e. The Hall–Kier alpha value is -5.33. The standard InChI is InChI=1S/C40H40BClFN6O4/c1-24(44)49-36-13-12-32(53-2)21-33(36)39(27-7-10-31(42)11-8-27)47-35(40(49)45)22-37(50)46-23-25-4-3-5-28(18-25)26-14-16-48(17-15-26)38(51)19-29-6-9-30(41-52)20-34(29)43/h3-13,18,20-21,26,35,44-45,52H,14-17,19,22-23H2,1-2H3,(H,46,50). The Morgan fingerprint density at radius 1 is 1.06 bits per heavy atom. The van der Waals surface area contributed by atoms with Crippen LogP contribution in [0.5, 0.6) is 5.75 Å². The van der Waals surface area contributed by atoms with Crippen molar-refractivity contribution in [2.45, 2.75) is 51.1 Å². The highest BCUT2D eigenvalue weighted by Gasteiger charge is 2.32. The Kier molecular flexibility index (Phi) is 11.7. The van der Waals surface area contributed by atoms with E-state index in [1.165, 1.54) is 17.0 Å². The monoisotopic (exact) mass is 733 g/mol. The number of hydrogen-bond donors (Lipinski definition) is 4. The van der Waals surface area contributed by atoms with Crippen LogP contribution in [0, 0.1) is 16.6 Å². The zero-order chi connectivity index (χ0) is 37.6. The van der Waals surface area contributed by atoms with Crippen LogP contribution in [0.15, 0.2) is 89.9 Å². The molecule has 4 aromatic carbocycles. The second kappa shape index (κ2) is 16.6. The van der Waals surface area contributed by atoms with E-state index in [0.717, 1.165) is 37.0 Å². The minimum Gasteiger partial charge on any atom is -0.497 e. The van der Waals surface area contributed by atoms with E-state index in [0.29, 0.717) is 51.9 Å². The van der Waals surface area contributed by atoms with Crippen molar-refractivity contribution in [1.82, 2.24) is 10.2 Å². The molecule has 1 radical (unpaired) electrons. The first-order valence-electron chi connectivity index (χ1n) is 17.4. The number of anilines is 1. The highest BCUT2D eigenvalue weighted by Crippen LogP contribution is 2.33. The second-order valence-electron chi connectivity index (χ2n) is 13.2. The normalized spacial score (nSPS) is 16.0. The summed E-state index contributed by atoms with van der Waals surface area (Å²) >= 11 is 6.19. The summed E-state index contributed by atoms with van der Waals surface area (Å²) in [6, 6.07) is 24.1. The Bertz CT molecular complexity index is 2070. The molecule has 2 amide bonds. The number of halogens is 2. The quantitative estimate of drug-likeness (QED) is 0.0985. The number of benzene rings is 4. The SMILES string of the molecule is COc1ccc2c(c1)C(c1ccc(Cl)cc1)=NC(CC(=O)NCc1cccc(C3CCN(C(=O)Cc4ccc([B]O)cc4F)CC3)c1)C(=N)N2C(C)=N. The van der Waals surface area contributed by atoms with Crippen molar-refractivity contribution < 1.29 is 23.7 Å². The Balaban J connectivity index is 1.11. The topological polar surface area (TPSA) is 142 Å². The summed E-state index contributed by atoms with van der Waals surface area (Å²) in [5.41, 5.74) is 5.26. The lowest BCUT2D eigenvalue weighted by atomic mass is 9.87. The van der Waals surface area contributed by atoms with E-state index in [2.05, 4.69) is 17.4 Å². The van der Waals surface area contributed by atoms with Gasteiger partial charge in [-0.05, 0) is 78.8 Å². The van der Waals surface area contributed by atoms with E-state index in [9.17, 15) is 14.0 Å². The van der Waals surface area contributed by atoms with Crippen LogP contribution in [0.4, 0.5) is 10.1 Å². The van der Waals surface area contributed by atoms with Gasteiger partial charge >= 0.3 is 7.48 Å². The van der Waals surface area contributed by atoms with Crippen LogP contribution in [0.25, 0.3) is 0 Å². The number of amides is 2. The summed E-state index contributed by atoms with van der Waals surface area (Å²) in [6.45, 7) is 2.99. The van der Waals surface area contributed by atoms with Gasteiger partial charge in [0.05, 0.1) is 31.4 Å². The van der Waals surface area contributed by atoms with Crippen LogP contribution in [-0.2, 0) is 22.6 Å². The number of carbonyl (C=O) groups excluding carboxylic acids is 2. The number of likely N-dealkylation sites (tertiary alicyclic amines) is 1. The number of fused-ring (bicyclic) bond motifs is 1. The molecule has 2 heterocycles. The van der Waals surface area contributed by atoms with Gasteiger partial charge in [-0.15, -0.1) is 0 Å². The lowest BCUT2D eigenvalue weighted by Crippen LogP contribution is -2.42. The maximum absolute atomic E-state index is 14.4. The number of hydrogen-bond acceptors (Lipinski definition) is 7. The van der Waals surface area contributed by atoms with Gasteiger partial charge in [-0.2, -0.15) is 0 Å². The number of nitrogens with one attached hydrogen (secondary N) is 3. The molecule has 2 aliphatic rings. The van der Waals surface area contributed by atoms with Crippen molar-refractivity contribution in [3.8, 4) is 5.75 Å². The zero-order valence-electron chi connectivity index (χ0n) is 29.5. The molecule has 0 aromatic heterocycles. The Morgan fingerprint density at radius 3 is 2.49 bits per heavy atom. The molecule has 13 heteroatoms. The molecule has 1 unspecified atom stereocenters. The van der Waals surface area contributed by atoms with E-state index >= 15 is 0 Å². The van der Waals surface area contributed by atoms with Crippen molar-refractivity contribution >= 4 is 59.4 Å². The van der Waals surface area contributed by atoms with Gasteiger partial charge < -0.3 is 20.0 Å². The fraction of sp³-hybridized carbons (Fsp3) is 0.275. The number of ether oxygens (including phenoxy) is 1. The summed E-state index contributed by atoms with van der Waals surface area (Å²) in [5, 5.41) is 30.4. The summed E-state index contributed by atoms with van der Waals surface area (Å²) < 4.78 is 19.9. The van der Waals surface area contributed by atoms with Gasteiger partial charge in [0.2, 0.25) is 11.8 Å². The lowest BCUT2D eigenvalue weighted by Gasteiger charge is -2.32. The predicted molar refractivity (Wildman–Crippen MR) is 207 cm³/mol. The van der Waals surface area contributed by atoms with Crippen LogP contribution in [-0.4, -0.2) is 72.8 Å². The molecule has 2 aliphatic heterocycles. The number of carbonyl (C=O) groups is 2. The third kappa shape index (κ3) is 8.67. The van der Waals surface area contributed by atoms with Crippen LogP contribution < -0.4 is 20.4 Å². The van der Waals surface area contributed by atoms with Gasteiger partial charge in [0.15, 0.2) is 0 Å². The maximum atomic E-state index is 14.4. The maximum Gasteiger partial charge on any atom is 0.326 e. The Morgan fingerprint density at radius 2 is 1.81 bits per heavy atom. The number of piperidine rings is 1. The van der Waals surface area contributed by atoms with Gasteiger partial charge in [-0.3, -0.25) is 30.3 Å². The first-order valence-corrected chi connectivity index (χ1v) is 17.8. The highest BCUT2D eigenvalue weighted by atomic mass is 35.5. The van der Waals surface area contributed by atoms with E-state index in [1.54, 1.807) is 49.3 Å². The van der Waals surface area contributed by atoms with Crippen LogP contribution in [0.3, 0.4) is 0 Å². The molecule has 4 aromatic rings. The largest absolute Gasteiger partial charge is 0.497 e. The van der Waals surface area contributed by atoms with Crippen molar-refractivity contribution in [3.05, 3.63) is 124 Å². The molecule has 271 valence electrons. The van der Waals surface area contributed by atoms with E-state index < -0.39 is 11.9 Å². The first-order chi connectivity index (χ1) is 25.5.